The quantitative estimate of drug-likeness (QED) is 0.556. The van der Waals surface area contributed by atoms with Crippen molar-refractivity contribution in [3.63, 3.8) is 0 Å². The number of fused-ring (bicyclic) bond motifs is 1. The molecule has 2 aromatic carbocycles. The maximum Gasteiger partial charge on any atom is 0.303 e. The summed E-state index contributed by atoms with van der Waals surface area (Å²) in [5, 5.41) is 9.37. The van der Waals surface area contributed by atoms with E-state index < -0.39 is 5.97 Å². The molecule has 1 N–H and O–H groups in total. The van der Waals surface area contributed by atoms with Gasteiger partial charge in [-0.05, 0) is 95.7 Å². The summed E-state index contributed by atoms with van der Waals surface area (Å²) in [6.45, 7) is 4.67. The molecule has 2 aromatic rings. The Morgan fingerprint density at radius 3 is 2.71 bits per heavy atom. The maximum atomic E-state index is 11.4. The van der Waals surface area contributed by atoms with E-state index in [1.165, 1.54) is 28.7 Å². The summed E-state index contributed by atoms with van der Waals surface area (Å²) in [6, 6.07) is 15.3. The lowest BCUT2D eigenvalue weighted by molar-refractivity contribution is -0.137. The Kier molecular flexibility index (Phi) is 5.16. The van der Waals surface area contributed by atoms with E-state index >= 15 is 0 Å². The van der Waals surface area contributed by atoms with E-state index in [0.29, 0.717) is 5.92 Å². The molecule has 0 radical (unpaired) electrons. The number of allylic oxidation sites excluding steroid dienone is 2. The largest absolute Gasteiger partial charge is 0.485 e. The van der Waals surface area contributed by atoms with Crippen LogP contribution in [-0.2, 0) is 11.2 Å². The van der Waals surface area contributed by atoms with Crippen LogP contribution in [0.1, 0.15) is 86.6 Å². The van der Waals surface area contributed by atoms with Gasteiger partial charge in [-0.2, -0.15) is 0 Å². The van der Waals surface area contributed by atoms with Gasteiger partial charge in [0.05, 0.1) is 6.42 Å². The second-order valence-electron chi connectivity index (χ2n) is 10.2. The van der Waals surface area contributed by atoms with Gasteiger partial charge in [0.1, 0.15) is 11.9 Å². The number of rotatable bonds is 6. The van der Waals surface area contributed by atoms with Crippen LogP contribution in [-0.4, -0.2) is 11.1 Å². The maximum absolute atomic E-state index is 11.4. The third kappa shape index (κ3) is 4.15. The smallest absolute Gasteiger partial charge is 0.303 e. The summed E-state index contributed by atoms with van der Waals surface area (Å²) >= 11 is 0. The minimum Gasteiger partial charge on any atom is -0.485 e. The molecule has 0 amide bonds. The monoisotopic (exact) mass is 416 g/mol. The highest BCUT2D eigenvalue weighted by Gasteiger charge is 2.35. The van der Waals surface area contributed by atoms with Crippen molar-refractivity contribution in [3.05, 3.63) is 70.8 Å². The van der Waals surface area contributed by atoms with Crippen molar-refractivity contribution >= 4 is 11.5 Å². The SMILES string of the molecule is CC1(C)CCC=C1c1cccc(C2CCc3ccc([C@@H](CC(=O)O)C4CC4)cc3O2)c1. The molecule has 0 aromatic heterocycles. The number of carboxylic acid groups (broad SMARTS) is 1. The van der Waals surface area contributed by atoms with Gasteiger partial charge in [0.25, 0.3) is 0 Å². The summed E-state index contributed by atoms with van der Waals surface area (Å²) in [6.07, 6.45) is 9.25. The van der Waals surface area contributed by atoms with Crippen molar-refractivity contribution in [1.29, 1.82) is 0 Å². The van der Waals surface area contributed by atoms with Crippen LogP contribution < -0.4 is 4.74 Å². The van der Waals surface area contributed by atoms with Gasteiger partial charge in [-0.25, -0.2) is 0 Å². The summed E-state index contributed by atoms with van der Waals surface area (Å²) in [7, 11) is 0. The minimum absolute atomic E-state index is 0.0478. The highest BCUT2D eigenvalue weighted by Crippen LogP contribution is 2.47. The molecule has 1 saturated carbocycles. The van der Waals surface area contributed by atoms with Crippen molar-refractivity contribution in [2.75, 3.05) is 0 Å². The number of benzene rings is 2. The van der Waals surface area contributed by atoms with Crippen LogP contribution in [0.25, 0.3) is 5.57 Å². The van der Waals surface area contributed by atoms with E-state index in [1.807, 2.05) is 0 Å². The summed E-state index contributed by atoms with van der Waals surface area (Å²) in [5.74, 6) is 0.838. The number of carboxylic acids is 1. The highest BCUT2D eigenvalue weighted by molar-refractivity contribution is 5.72. The topological polar surface area (TPSA) is 46.5 Å². The van der Waals surface area contributed by atoms with Gasteiger partial charge in [0, 0.05) is 0 Å². The normalized spacial score (nSPS) is 22.9. The molecule has 2 aliphatic carbocycles. The number of hydrogen-bond acceptors (Lipinski definition) is 2. The molecular formula is C28H32O3. The van der Waals surface area contributed by atoms with Crippen molar-refractivity contribution in [2.24, 2.45) is 11.3 Å². The van der Waals surface area contributed by atoms with Gasteiger partial charge in [-0.3, -0.25) is 4.79 Å². The van der Waals surface area contributed by atoms with Gasteiger partial charge in [0.15, 0.2) is 0 Å². The van der Waals surface area contributed by atoms with Gasteiger partial charge >= 0.3 is 5.97 Å². The van der Waals surface area contributed by atoms with E-state index in [4.69, 9.17) is 4.74 Å². The first kappa shape index (κ1) is 20.4. The average Bonchev–Trinajstić information content (AvgIpc) is 3.53. The summed E-state index contributed by atoms with van der Waals surface area (Å²) in [5.41, 5.74) is 6.60. The van der Waals surface area contributed by atoms with Gasteiger partial charge in [-0.1, -0.05) is 50.3 Å². The molecule has 1 fully saturated rings. The van der Waals surface area contributed by atoms with Crippen molar-refractivity contribution in [2.45, 2.75) is 70.8 Å². The van der Waals surface area contributed by atoms with Gasteiger partial charge in [0.2, 0.25) is 0 Å². The number of aryl methyl sites for hydroxylation is 1. The molecule has 3 heteroatoms. The molecule has 1 aliphatic heterocycles. The minimum atomic E-state index is -0.714. The molecule has 0 bridgehead atoms. The molecule has 0 saturated heterocycles. The summed E-state index contributed by atoms with van der Waals surface area (Å²) < 4.78 is 6.52. The van der Waals surface area contributed by atoms with E-state index in [1.54, 1.807) is 0 Å². The molecule has 1 heterocycles. The third-order valence-electron chi connectivity index (χ3n) is 7.47. The summed E-state index contributed by atoms with van der Waals surface area (Å²) in [4.78, 5) is 11.4. The Morgan fingerprint density at radius 2 is 2.00 bits per heavy atom. The molecule has 1 unspecified atom stereocenters. The number of ether oxygens (including phenoxy) is 1. The van der Waals surface area contributed by atoms with E-state index in [9.17, 15) is 9.90 Å². The highest BCUT2D eigenvalue weighted by atomic mass is 16.5. The lowest BCUT2D eigenvalue weighted by Crippen LogP contribution is -2.17. The lowest BCUT2D eigenvalue weighted by atomic mass is 9.81. The molecular weight excluding hydrogens is 384 g/mol. The van der Waals surface area contributed by atoms with Crippen molar-refractivity contribution in [3.8, 4) is 5.75 Å². The molecule has 2 atom stereocenters. The van der Waals surface area contributed by atoms with Crippen LogP contribution in [0.5, 0.6) is 5.75 Å². The molecule has 3 aliphatic rings. The van der Waals surface area contributed by atoms with Gasteiger partial charge in [-0.15, -0.1) is 0 Å². The Hall–Kier alpha value is -2.55. The Balaban J connectivity index is 1.39. The first-order chi connectivity index (χ1) is 14.9. The Bertz CT molecular complexity index is 1030. The fourth-order valence-corrected chi connectivity index (χ4v) is 5.50. The van der Waals surface area contributed by atoms with Gasteiger partial charge < -0.3 is 9.84 Å². The fourth-order valence-electron chi connectivity index (χ4n) is 5.50. The molecule has 0 spiro atoms. The second kappa shape index (κ2) is 7.85. The number of aliphatic carboxylic acids is 1. The zero-order chi connectivity index (χ0) is 21.6. The fraction of sp³-hybridized carbons (Fsp3) is 0.464. The average molecular weight is 417 g/mol. The van der Waals surface area contributed by atoms with Crippen LogP contribution in [0, 0.1) is 11.3 Å². The molecule has 31 heavy (non-hydrogen) atoms. The molecule has 3 nitrogen and oxygen atoms in total. The second-order valence-corrected chi connectivity index (χ2v) is 10.2. The predicted octanol–water partition coefficient (Wildman–Crippen LogP) is 6.92. The van der Waals surface area contributed by atoms with Crippen LogP contribution >= 0.6 is 0 Å². The first-order valence-corrected chi connectivity index (χ1v) is 11.7. The Labute approximate surface area is 185 Å². The number of hydrogen-bond donors (Lipinski definition) is 1. The Morgan fingerprint density at radius 1 is 1.16 bits per heavy atom. The first-order valence-electron chi connectivity index (χ1n) is 11.7. The third-order valence-corrected chi connectivity index (χ3v) is 7.47. The van der Waals surface area contributed by atoms with Crippen molar-refractivity contribution < 1.29 is 14.6 Å². The van der Waals surface area contributed by atoms with Crippen LogP contribution in [0.4, 0.5) is 0 Å². The number of carbonyl (C=O) groups is 1. The predicted molar refractivity (Wildman–Crippen MR) is 123 cm³/mol. The standard InChI is InChI=1S/C28H32O3/c1-28(2)14-4-7-24(28)21-5-3-6-22(15-21)25-13-12-19-10-11-20(16-26(19)31-25)23(17-27(29)30)18-8-9-18/h3,5-7,10-11,15-16,18,23,25H,4,8-9,12-14,17H2,1-2H3,(H,29,30)/t23-,25?/m0/s1. The van der Waals surface area contributed by atoms with Crippen molar-refractivity contribution in [1.82, 2.24) is 0 Å². The molecule has 5 rings (SSSR count). The lowest BCUT2D eigenvalue weighted by Gasteiger charge is -2.29. The zero-order valence-electron chi connectivity index (χ0n) is 18.6. The van der Waals surface area contributed by atoms with E-state index in [2.05, 4.69) is 62.4 Å². The van der Waals surface area contributed by atoms with Crippen LogP contribution in [0.3, 0.4) is 0 Å². The van der Waals surface area contributed by atoms with Crippen LogP contribution in [0.2, 0.25) is 0 Å². The zero-order valence-corrected chi connectivity index (χ0v) is 18.6. The molecule has 162 valence electrons. The van der Waals surface area contributed by atoms with E-state index in [0.717, 1.165) is 43.4 Å². The van der Waals surface area contributed by atoms with Crippen LogP contribution in [0.15, 0.2) is 48.5 Å². The van der Waals surface area contributed by atoms with E-state index in [-0.39, 0.29) is 23.9 Å².